The smallest absolute Gasteiger partial charge is 0.00755 e. The molecule has 2 N–H and O–H groups in total. The molecule has 1 heteroatoms. The average molecular weight is 243 g/mol. The van der Waals surface area contributed by atoms with Crippen LogP contribution < -0.4 is 5.73 Å². The topological polar surface area (TPSA) is 26.0 Å². The summed E-state index contributed by atoms with van der Waals surface area (Å²) in [6.07, 6.45) is 10.9. The minimum absolute atomic E-state index is 0.288. The maximum Gasteiger partial charge on any atom is 0.00755 e. The van der Waals surface area contributed by atoms with E-state index in [2.05, 4.69) is 24.3 Å². The highest BCUT2D eigenvalue weighted by atomic mass is 14.6. The lowest BCUT2D eigenvalue weighted by Gasteiger charge is -2.37. The van der Waals surface area contributed by atoms with E-state index in [-0.39, 0.29) is 5.41 Å². The molecule has 3 rings (SSSR count). The molecule has 0 saturated heterocycles. The van der Waals surface area contributed by atoms with Crippen LogP contribution in [0.25, 0.3) is 0 Å². The first-order chi connectivity index (χ1) is 8.84. The van der Waals surface area contributed by atoms with Crippen LogP contribution in [0.5, 0.6) is 0 Å². The zero-order valence-corrected chi connectivity index (χ0v) is 11.3. The molecule has 0 aromatic heterocycles. The highest BCUT2D eigenvalue weighted by molar-refractivity contribution is 5.32. The minimum atomic E-state index is 0.288. The zero-order chi connectivity index (χ0) is 12.4. The number of hydrogen-bond acceptors (Lipinski definition) is 1. The maximum absolute atomic E-state index is 6.11. The summed E-state index contributed by atoms with van der Waals surface area (Å²) in [5.41, 5.74) is 9.44. The first-order valence-corrected chi connectivity index (χ1v) is 7.65. The van der Waals surface area contributed by atoms with Crippen LogP contribution in [0.4, 0.5) is 0 Å². The summed E-state index contributed by atoms with van der Waals surface area (Å²) in [6.45, 7) is 0.815. The van der Waals surface area contributed by atoms with Gasteiger partial charge >= 0.3 is 0 Å². The van der Waals surface area contributed by atoms with Crippen LogP contribution >= 0.6 is 0 Å². The van der Waals surface area contributed by atoms with Gasteiger partial charge in [-0.1, -0.05) is 49.9 Å². The number of rotatable bonds is 3. The Hall–Kier alpha value is -0.820. The molecule has 2 aliphatic rings. The van der Waals surface area contributed by atoms with Crippen LogP contribution in [0.1, 0.15) is 68.4 Å². The van der Waals surface area contributed by atoms with E-state index in [0.717, 1.165) is 12.5 Å². The van der Waals surface area contributed by atoms with E-state index in [9.17, 15) is 0 Å². The van der Waals surface area contributed by atoms with Gasteiger partial charge in [-0.2, -0.15) is 0 Å². The normalized spacial score (nSPS) is 23.6. The number of hydrogen-bond donors (Lipinski definition) is 1. The fraction of sp³-hybridized carbons (Fsp3) is 0.647. The van der Waals surface area contributed by atoms with Gasteiger partial charge < -0.3 is 5.73 Å². The standard InChI is InChI=1S/C17H25N/c18-13-17(11-2-1-3-12-17)16-9-7-15(8-10-16)14-5-4-6-14/h7-10,14H,1-6,11-13,18H2. The fourth-order valence-corrected chi connectivity index (χ4v) is 3.69. The molecular formula is C17H25N. The highest BCUT2D eigenvalue weighted by Crippen LogP contribution is 2.40. The summed E-state index contributed by atoms with van der Waals surface area (Å²) in [7, 11) is 0. The molecule has 0 spiro atoms. The molecule has 1 nitrogen and oxygen atoms in total. The molecule has 0 radical (unpaired) electrons. The van der Waals surface area contributed by atoms with E-state index < -0.39 is 0 Å². The van der Waals surface area contributed by atoms with Crippen molar-refractivity contribution in [3.05, 3.63) is 35.4 Å². The molecule has 2 fully saturated rings. The summed E-state index contributed by atoms with van der Waals surface area (Å²) in [4.78, 5) is 0. The lowest BCUT2D eigenvalue weighted by molar-refractivity contribution is 0.300. The Balaban J connectivity index is 1.81. The molecule has 2 saturated carbocycles. The van der Waals surface area contributed by atoms with Gasteiger partial charge in [-0.3, -0.25) is 0 Å². The van der Waals surface area contributed by atoms with E-state index in [1.165, 1.54) is 56.9 Å². The Morgan fingerprint density at radius 3 is 2.11 bits per heavy atom. The van der Waals surface area contributed by atoms with E-state index in [1.807, 2.05) is 0 Å². The largest absolute Gasteiger partial charge is 0.330 e. The molecule has 0 unspecified atom stereocenters. The first-order valence-electron chi connectivity index (χ1n) is 7.65. The summed E-state index contributed by atoms with van der Waals surface area (Å²) >= 11 is 0. The molecule has 0 amide bonds. The van der Waals surface area contributed by atoms with Crippen LogP contribution in [-0.4, -0.2) is 6.54 Å². The van der Waals surface area contributed by atoms with Crippen molar-refractivity contribution in [2.45, 2.75) is 62.7 Å². The van der Waals surface area contributed by atoms with E-state index >= 15 is 0 Å². The third kappa shape index (κ3) is 2.09. The summed E-state index contributed by atoms with van der Waals surface area (Å²) in [6, 6.07) is 9.47. The van der Waals surface area contributed by atoms with Crippen molar-refractivity contribution in [3.63, 3.8) is 0 Å². The van der Waals surface area contributed by atoms with Crippen LogP contribution in [0.15, 0.2) is 24.3 Å². The van der Waals surface area contributed by atoms with Crippen LogP contribution in [0.2, 0.25) is 0 Å². The second kappa shape index (κ2) is 5.05. The molecule has 98 valence electrons. The van der Waals surface area contributed by atoms with Gasteiger partial charge in [0.15, 0.2) is 0 Å². The maximum atomic E-state index is 6.11. The van der Waals surface area contributed by atoms with Gasteiger partial charge in [0.2, 0.25) is 0 Å². The highest BCUT2D eigenvalue weighted by Gasteiger charge is 2.32. The Bertz CT molecular complexity index is 383. The Labute approximate surface area is 111 Å². The lowest BCUT2D eigenvalue weighted by Crippen LogP contribution is -2.37. The SMILES string of the molecule is NCC1(c2ccc(C3CCC3)cc2)CCCCC1. The molecule has 1 aromatic rings. The summed E-state index contributed by atoms with van der Waals surface area (Å²) < 4.78 is 0. The predicted molar refractivity (Wildman–Crippen MR) is 76.9 cm³/mol. The van der Waals surface area contributed by atoms with Crippen LogP contribution in [0, 0.1) is 0 Å². The Morgan fingerprint density at radius 2 is 1.61 bits per heavy atom. The summed E-state index contributed by atoms with van der Waals surface area (Å²) in [5.74, 6) is 0.847. The van der Waals surface area contributed by atoms with Crippen molar-refractivity contribution in [2.24, 2.45) is 5.73 Å². The molecular weight excluding hydrogens is 218 g/mol. The fourth-order valence-electron chi connectivity index (χ4n) is 3.69. The van der Waals surface area contributed by atoms with E-state index in [4.69, 9.17) is 5.73 Å². The molecule has 2 aliphatic carbocycles. The molecule has 0 heterocycles. The molecule has 18 heavy (non-hydrogen) atoms. The molecule has 0 atom stereocenters. The van der Waals surface area contributed by atoms with Crippen molar-refractivity contribution in [1.29, 1.82) is 0 Å². The Morgan fingerprint density at radius 1 is 0.944 bits per heavy atom. The molecule has 0 bridgehead atoms. The number of benzene rings is 1. The first kappa shape index (κ1) is 12.2. The van der Waals surface area contributed by atoms with E-state index in [0.29, 0.717) is 0 Å². The van der Waals surface area contributed by atoms with Crippen molar-refractivity contribution in [1.82, 2.24) is 0 Å². The van der Waals surface area contributed by atoms with E-state index in [1.54, 1.807) is 5.56 Å². The van der Waals surface area contributed by atoms with Crippen molar-refractivity contribution in [2.75, 3.05) is 6.54 Å². The lowest BCUT2D eigenvalue weighted by atomic mass is 9.69. The van der Waals surface area contributed by atoms with Gasteiger partial charge in [0.05, 0.1) is 0 Å². The zero-order valence-electron chi connectivity index (χ0n) is 11.3. The van der Waals surface area contributed by atoms with Crippen LogP contribution in [-0.2, 0) is 5.41 Å². The van der Waals surface area contributed by atoms with Crippen LogP contribution in [0.3, 0.4) is 0 Å². The quantitative estimate of drug-likeness (QED) is 0.849. The second-order valence-electron chi connectivity index (χ2n) is 6.29. The summed E-state index contributed by atoms with van der Waals surface area (Å²) in [5, 5.41) is 0. The van der Waals surface area contributed by atoms with Crippen molar-refractivity contribution >= 4 is 0 Å². The number of nitrogens with two attached hydrogens (primary N) is 1. The van der Waals surface area contributed by atoms with Gasteiger partial charge in [-0.05, 0) is 42.7 Å². The van der Waals surface area contributed by atoms with Gasteiger partial charge in [-0.15, -0.1) is 0 Å². The second-order valence-corrected chi connectivity index (χ2v) is 6.29. The van der Waals surface area contributed by atoms with Crippen molar-refractivity contribution < 1.29 is 0 Å². The molecule has 0 aliphatic heterocycles. The molecule has 1 aromatic carbocycles. The average Bonchev–Trinajstić information content (AvgIpc) is 2.38. The van der Waals surface area contributed by atoms with Gasteiger partial charge in [0.1, 0.15) is 0 Å². The Kier molecular flexibility index (Phi) is 3.43. The van der Waals surface area contributed by atoms with Gasteiger partial charge in [-0.25, -0.2) is 0 Å². The third-order valence-electron chi connectivity index (χ3n) is 5.30. The van der Waals surface area contributed by atoms with Gasteiger partial charge in [0, 0.05) is 12.0 Å². The minimum Gasteiger partial charge on any atom is -0.330 e. The third-order valence-corrected chi connectivity index (χ3v) is 5.30. The van der Waals surface area contributed by atoms with Gasteiger partial charge in [0.25, 0.3) is 0 Å². The predicted octanol–water partition coefficient (Wildman–Crippen LogP) is 4.11. The van der Waals surface area contributed by atoms with Crippen molar-refractivity contribution in [3.8, 4) is 0 Å². The monoisotopic (exact) mass is 243 g/mol.